The third kappa shape index (κ3) is 3.25. The summed E-state index contributed by atoms with van der Waals surface area (Å²) in [6, 6.07) is 15.2. The summed E-state index contributed by atoms with van der Waals surface area (Å²) in [4.78, 5) is 0. The Labute approximate surface area is 132 Å². The van der Waals surface area contributed by atoms with Crippen molar-refractivity contribution in [1.29, 1.82) is 0 Å². The first-order valence-corrected chi connectivity index (χ1v) is 7.95. The predicted octanol–water partition coefficient (Wildman–Crippen LogP) is 4.01. The number of hydrogen-bond acceptors (Lipinski definition) is 3. The van der Waals surface area contributed by atoms with E-state index in [9.17, 15) is 0 Å². The van der Waals surface area contributed by atoms with Gasteiger partial charge >= 0.3 is 0 Å². The van der Waals surface area contributed by atoms with Gasteiger partial charge < -0.3 is 14.8 Å². The summed E-state index contributed by atoms with van der Waals surface area (Å²) in [5, 5.41) is 3.64. The zero-order valence-corrected chi connectivity index (χ0v) is 13.3. The lowest BCUT2D eigenvalue weighted by Gasteiger charge is -2.23. The summed E-state index contributed by atoms with van der Waals surface area (Å²) in [7, 11) is 0. The molecule has 0 spiro atoms. The Hall–Kier alpha value is -2.00. The molecule has 22 heavy (non-hydrogen) atoms. The molecule has 0 aliphatic carbocycles. The molecule has 0 fully saturated rings. The zero-order chi connectivity index (χ0) is 15.4. The van der Waals surface area contributed by atoms with E-state index >= 15 is 0 Å². The Kier molecular flexibility index (Phi) is 4.64. The smallest absolute Gasteiger partial charge is 0.165 e. The fourth-order valence-electron chi connectivity index (χ4n) is 2.80. The molecular formula is C19H23NO2. The summed E-state index contributed by atoms with van der Waals surface area (Å²) in [6.07, 6.45) is 1.05. The molecule has 0 saturated heterocycles. The van der Waals surface area contributed by atoms with Crippen molar-refractivity contribution in [2.24, 2.45) is 0 Å². The molecule has 0 radical (unpaired) electrons. The number of hydrogen-bond donors (Lipinski definition) is 1. The van der Waals surface area contributed by atoms with E-state index in [0.29, 0.717) is 19.3 Å². The van der Waals surface area contributed by atoms with E-state index in [1.165, 1.54) is 11.1 Å². The maximum Gasteiger partial charge on any atom is 0.165 e. The molecule has 3 rings (SSSR count). The highest BCUT2D eigenvalue weighted by atomic mass is 16.6. The molecule has 0 aromatic heterocycles. The van der Waals surface area contributed by atoms with Gasteiger partial charge in [-0.05, 0) is 25.0 Å². The van der Waals surface area contributed by atoms with Crippen LogP contribution >= 0.6 is 0 Å². The number of benzene rings is 2. The van der Waals surface area contributed by atoms with Gasteiger partial charge in [-0.1, -0.05) is 48.9 Å². The fourth-order valence-corrected chi connectivity index (χ4v) is 2.80. The molecule has 0 bridgehead atoms. The second-order valence-electron chi connectivity index (χ2n) is 5.69. The second-order valence-corrected chi connectivity index (χ2v) is 5.69. The van der Waals surface area contributed by atoms with Crippen LogP contribution < -0.4 is 14.8 Å². The van der Waals surface area contributed by atoms with Gasteiger partial charge in [0, 0.05) is 18.2 Å². The molecule has 1 unspecified atom stereocenters. The van der Waals surface area contributed by atoms with E-state index in [0.717, 1.165) is 30.0 Å². The SMILES string of the molecule is CCC(NCc1cccc2c1OCCO2)c1ccc(C)cc1. The molecule has 3 heteroatoms. The highest BCUT2D eigenvalue weighted by Gasteiger charge is 2.16. The number of ether oxygens (including phenoxy) is 2. The normalized spacial score (nSPS) is 14.6. The average molecular weight is 297 g/mol. The predicted molar refractivity (Wildman–Crippen MR) is 88.5 cm³/mol. The Morgan fingerprint density at radius 3 is 2.59 bits per heavy atom. The van der Waals surface area contributed by atoms with Gasteiger partial charge in [0.25, 0.3) is 0 Å². The van der Waals surface area contributed by atoms with Gasteiger partial charge in [0.05, 0.1) is 0 Å². The molecule has 116 valence electrons. The van der Waals surface area contributed by atoms with Crippen LogP contribution in [0.4, 0.5) is 0 Å². The van der Waals surface area contributed by atoms with Crippen molar-refractivity contribution in [3.05, 3.63) is 59.2 Å². The summed E-state index contributed by atoms with van der Waals surface area (Å²) in [6.45, 7) is 6.35. The topological polar surface area (TPSA) is 30.5 Å². The van der Waals surface area contributed by atoms with Gasteiger partial charge in [0.2, 0.25) is 0 Å². The van der Waals surface area contributed by atoms with Crippen LogP contribution in [0.25, 0.3) is 0 Å². The minimum atomic E-state index is 0.348. The van der Waals surface area contributed by atoms with Crippen LogP contribution in [0.3, 0.4) is 0 Å². The van der Waals surface area contributed by atoms with E-state index in [1.807, 2.05) is 12.1 Å². The molecule has 2 aromatic rings. The van der Waals surface area contributed by atoms with Gasteiger partial charge in [-0.15, -0.1) is 0 Å². The first kappa shape index (κ1) is 14.9. The minimum absolute atomic E-state index is 0.348. The largest absolute Gasteiger partial charge is 0.486 e. The van der Waals surface area contributed by atoms with E-state index in [-0.39, 0.29) is 0 Å². The van der Waals surface area contributed by atoms with Crippen molar-refractivity contribution in [1.82, 2.24) is 5.32 Å². The first-order valence-electron chi connectivity index (χ1n) is 7.95. The number of aryl methyl sites for hydroxylation is 1. The second kappa shape index (κ2) is 6.84. The van der Waals surface area contributed by atoms with E-state index in [1.54, 1.807) is 0 Å². The summed E-state index contributed by atoms with van der Waals surface area (Å²) >= 11 is 0. The molecule has 3 nitrogen and oxygen atoms in total. The van der Waals surface area contributed by atoms with Gasteiger partial charge in [-0.25, -0.2) is 0 Å². The van der Waals surface area contributed by atoms with E-state index in [2.05, 4.69) is 49.5 Å². The Morgan fingerprint density at radius 1 is 1.05 bits per heavy atom. The average Bonchev–Trinajstić information content (AvgIpc) is 2.57. The lowest BCUT2D eigenvalue weighted by Crippen LogP contribution is -2.22. The van der Waals surface area contributed by atoms with Crippen LogP contribution in [0.2, 0.25) is 0 Å². The van der Waals surface area contributed by atoms with Gasteiger partial charge in [0.1, 0.15) is 13.2 Å². The van der Waals surface area contributed by atoms with E-state index in [4.69, 9.17) is 9.47 Å². The van der Waals surface area contributed by atoms with Gasteiger partial charge in [-0.2, -0.15) is 0 Å². The van der Waals surface area contributed by atoms with Crippen molar-refractivity contribution >= 4 is 0 Å². The fraction of sp³-hybridized carbons (Fsp3) is 0.368. The Bertz CT molecular complexity index is 622. The number of nitrogens with one attached hydrogen (secondary N) is 1. The number of fused-ring (bicyclic) bond motifs is 1. The maximum atomic E-state index is 5.78. The van der Waals surface area contributed by atoms with Crippen molar-refractivity contribution in [2.75, 3.05) is 13.2 Å². The monoisotopic (exact) mass is 297 g/mol. The molecule has 0 amide bonds. The van der Waals surface area contributed by atoms with Gasteiger partial charge in [0.15, 0.2) is 11.5 Å². The molecule has 0 saturated carbocycles. The first-order chi connectivity index (χ1) is 10.8. The zero-order valence-electron chi connectivity index (χ0n) is 13.3. The highest BCUT2D eigenvalue weighted by Crippen LogP contribution is 2.33. The van der Waals surface area contributed by atoms with Crippen LogP contribution in [0.15, 0.2) is 42.5 Å². The number of rotatable bonds is 5. The van der Waals surface area contributed by atoms with Gasteiger partial charge in [-0.3, -0.25) is 0 Å². The van der Waals surface area contributed by atoms with Crippen molar-refractivity contribution in [3.63, 3.8) is 0 Å². The van der Waals surface area contributed by atoms with Crippen LogP contribution in [-0.4, -0.2) is 13.2 Å². The molecule has 2 aromatic carbocycles. The molecule has 1 atom stereocenters. The summed E-state index contributed by atoms with van der Waals surface area (Å²) < 4.78 is 11.4. The number of para-hydroxylation sites is 1. The molecule has 1 aliphatic heterocycles. The third-order valence-corrected chi connectivity index (χ3v) is 4.07. The Balaban J connectivity index is 1.72. The molecular weight excluding hydrogens is 274 g/mol. The quantitative estimate of drug-likeness (QED) is 0.904. The summed E-state index contributed by atoms with van der Waals surface area (Å²) in [5.74, 6) is 1.74. The molecule has 1 heterocycles. The lowest BCUT2D eigenvalue weighted by molar-refractivity contribution is 0.169. The third-order valence-electron chi connectivity index (χ3n) is 4.07. The molecule has 1 aliphatic rings. The standard InChI is InChI=1S/C19H23NO2/c1-3-17(15-9-7-14(2)8-10-15)20-13-16-5-4-6-18-19(16)22-12-11-21-18/h4-10,17,20H,3,11-13H2,1-2H3. The van der Waals surface area contributed by atoms with Crippen molar-refractivity contribution in [3.8, 4) is 11.5 Å². The van der Waals surface area contributed by atoms with E-state index < -0.39 is 0 Å². The van der Waals surface area contributed by atoms with Crippen LogP contribution in [-0.2, 0) is 6.54 Å². The minimum Gasteiger partial charge on any atom is -0.486 e. The van der Waals surface area contributed by atoms with Crippen molar-refractivity contribution < 1.29 is 9.47 Å². The molecule has 1 N–H and O–H groups in total. The summed E-state index contributed by atoms with van der Waals surface area (Å²) in [5.41, 5.74) is 3.78. The lowest BCUT2D eigenvalue weighted by atomic mass is 10.0. The van der Waals surface area contributed by atoms with Crippen LogP contribution in [0, 0.1) is 6.92 Å². The maximum absolute atomic E-state index is 5.78. The van der Waals surface area contributed by atoms with Crippen molar-refractivity contribution in [2.45, 2.75) is 32.9 Å². The Morgan fingerprint density at radius 2 is 1.82 bits per heavy atom. The van der Waals surface area contributed by atoms with Crippen LogP contribution in [0.5, 0.6) is 11.5 Å². The highest BCUT2D eigenvalue weighted by molar-refractivity contribution is 5.47. The van der Waals surface area contributed by atoms with Crippen LogP contribution in [0.1, 0.15) is 36.1 Å².